The second-order valence-corrected chi connectivity index (χ2v) is 5.35. The van der Waals surface area contributed by atoms with Crippen LogP contribution in [0, 0.1) is 17.8 Å². The van der Waals surface area contributed by atoms with Crippen molar-refractivity contribution in [3.63, 3.8) is 0 Å². The fourth-order valence-electron chi connectivity index (χ4n) is 3.71. The summed E-state index contributed by atoms with van der Waals surface area (Å²) in [5.41, 5.74) is 0.740. The van der Waals surface area contributed by atoms with E-state index in [2.05, 4.69) is 6.58 Å². The minimum absolute atomic E-state index is 0.136. The zero-order valence-corrected chi connectivity index (χ0v) is 9.08. The van der Waals surface area contributed by atoms with E-state index in [0.29, 0.717) is 5.92 Å². The first-order valence-corrected chi connectivity index (χ1v) is 6.15. The zero-order valence-electron chi connectivity index (χ0n) is 9.08. The Balaban J connectivity index is 1.79. The maximum Gasteiger partial charge on any atom is 0.334 e. The summed E-state index contributed by atoms with van der Waals surface area (Å²) in [6.45, 7) is 3.88. The maximum atomic E-state index is 11.4. The van der Waals surface area contributed by atoms with Crippen molar-refractivity contribution in [2.75, 3.05) is 0 Å². The Morgan fingerprint density at radius 1 is 1.13 bits per heavy atom. The summed E-state index contributed by atoms with van der Waals surface area (Å²) in [4.78, 5) is 11.4. The molecule has 0 aromatic carbocycles. The summed E-state index contributed by atoms with van der Waals surface area (Å²) in [5, 5.41) is 0. The number of fused-ring (bicyclic) bond motifs is 2. The van der Waals surface area contributed by atoms with E-state index in [1.807, 2.05) is 0 Å². The summed E-state index contributed by atoms with van der Waals surface area (Å²) in [6, 6.07) is 0. The fraction of sp³-hybridized carbons (Fsp3) is 0.769. The van der Waals surface area contributed by atoms with Crippen molar-refractivity contribution in [2.24, 2.45) is 17.8 Å². The van der Waals surface area contributed by atoms with Crippen LogP contribution in [-0.2, 0) is 9.53 Å². The van der Waals surface area contributed by atoms with Gasteiger partial charge in [-0.1, -0.05) is 32.3 Å². The van der Waals surface area contributed by atoms with E-state index >= 15 is 0 Å². The minimum Gasteiger partial charge on any atom is -0.458 e. The van der Waals surface area contributed by atoms with Crippen LogP contribution in [0.15, 0.2) is 12.2 Å². The molecule has 2 heteroatoms. The standard InChI is InChI=1S/C13H18O2/c1-8-11-6-9-4-2-3-5-10(9)7-12(11)15-13(8)14/h9-12H,1-7H2. The third-order valence-corrected chi connectivity index (χ3v) is 4.58. The normalized spacial score (nSPS) is 44.5. The van der Waals surface area contributed by atoms with Gasteiger partial charge in [0.2, 0.25) is 0 Å². The van der Waals surface area contributed by atoms with Gasteiger partial charge in [-0.05, 0) is 24.7 Å². The molecule has 4 atom stereocenters. The molecule has 0 bridgehead atoms. The Morgan fingerprint density at radius 2 is 1.80 bits per heavy atom. The number of rotatable bonds is 0. The van der Waals surface area contributed by atoms with Gasteiger partial charge in [0.1, 0.15) is 6.10 Å². The molecule has 0 N–H and O–H groups in total. The molecule has 0 aromatic rings. The van der Waals surface area contributed by atoms with Crippen molar-refractivity contribution >= 4 is 5.97 Å². The molecular weight excluding hydrogens is 188 g/mol. The number of hydrogen-bond donors (Lipinski definition) is 0. The van der Waals surface area contributed by atoms with Crippen LogP contribution in [0.4, 0.5) is 0 Å². The predicted octanol–water partition coefficient (Wildman–Crippen LogP) is 2.68. The van der Waals surface area contributed by atoms with E-state index in [1.165, 1.54) is 25.7 Å². The van der Waals surface area contributed by atoms with Crippen molar-refractivity contribution in [2.45, 2.75) is 44.6 Å². The van der Waals surface area contributed by atoms with Crippen LogP contribution in [0.1, 0.15) is 38.5 Å². The third kappa shape index (κ3) is 1.42. The summed E-state index contributed by atoms with van der Waals surface area (Å²) < 4.78 is 5.39. The molecule has 15 heavy (non-hydrogen) atoms. The SMILES string of the molecule is C=C1C(=O)OC2CC3CCCCC3CC12. The van der Waals surface area contributed by atoms with Crippen molar-refractivity contribution in [1.29, 1.82) is 0 Å². The second kappa shape index (κ2) is 3.36. The maximum absolute atomic E-state index is 11.4. The highest BCUT2D eigenvalue weighted by Crippen LogP contribution is 2.48. The molecule has 1 aliphatic heterocycles. The van der Waals surface area contributed by atoms with E-state index < -0.39 is 0 Å². The lowest BCUT2D eigenvalue weighted by Crippen LogP contribution is -2.35. The van der Waals surface area contributed by atoms with Gasteiger partial charge in [-0.3, -0.25) is 0 Å². The largest absolute Gasteiger partial charge is 0.458 e. The molecule has 0 aromatic heterocycles. The molecule has 3 fully saturated rings. The Bertz CT molecular complexity index is 308. The van der Waals surface area contributed by atoms with Crippen LogP contribution in [0.2, 0.25) is 0 Å². The molecule has 0 radical (unpaired) electrons. The monoisotopic (exact) mass is 206 g/mol. The molecule has 3 rings (SSSR count). The van der Waals surface area contributed by atoms with Gasteiger partial charge >= 0.3 is 5.97 Å². The number of hydrogen-bond acceptors (Lipinski definition) is 2. The summed E-state index contributed by atoms with van der Waals surface area (Å²) >= 11 is 0. The number of carbonyl (C=O) groups is 1. The van der Waals surface area contributed by atoms with E-state index in [4.69, 9.17) is 4.74 Å². The van der Waals surface area contributed by atoms with Crippen LogP contribution in [-0.4, -0.2) is 12.1 Å². The van der Waals surface area contributed by atoms with Gasteiger partial charge in [-0.2, -0.15) is 0 Å². The Morgan fingerprint density at radius 3 is 2.53 bits per heavy atom. The fourth-order valence-corrected chi connectivity index (χ4v) is 3.71. The van der Waals surface area contributed by atoms with Gasteiger partial charge in [0, 0.05) is 11.5 Å². The first-order chi connectivity index (χ1) is 7.25. The van der Waals surface area contributed by atoms with Crippen LogP contribution in [0.25, 0.3) is 0 Å². The van der Waals surface area contributed by atoms with Crippen LogP contribution >= 0.6 is 0 Å². The number of carbonyl (C=O) groups excluding carboxylic acids is 1. The lowest BCUT2D eigenvalue weighted by Gasteiger charge is -2.40. The van der Waals surface area contributed by atoms with E-state index in [9.17, 15) is 4.79 Å². The summed E-state index contributed by atoms with van der Waals surface area (Å²) in [6.07, 6.45) is 7.87. The minimum atomic E-state index is -0.136. The molecule has 0 amide bonds. The van der Waals surface area contributed by atoms with Crippen molar-refractivity contribution in [3.8, 4) is 0 Å². The Labute approximate surface area is 90.7 Å². The summed E-state index contributed by atoms with van der Waals surface area (Å²) in [5.74, 6) is 1.87. The van der Waals surface area contributed by atoms with Gasteiger partial charge in [0.05, 0.1) is 0 Å². The molecule has 1 saturated heterocycles. The Kier molecular flexibility index (Phi) is 2.11. The molecule has 4 unspecified atom stereocenters. The van der Waals surface area contributed by atoms with Crippen molar-refractivity contribution < 1.29 is 9.53 Å². The molecule has 82 valence electrons. The molecule has 2 nitrogen and oxygen atoms in total. The first kappa shape index (κ1) is 9.44. The highest BCUT2D eigenvalue weighted by molar-refractivity contribution is 5.90. The van der Waals surface area contributed by atoms with Gasteiger partial charge < -0.3 is 4.74 Å². The van der Waals surface area contributed by atoms with Crippen molar-refractivity contribution in [3.05, 3.63) is 12.2 Å². The number of ether oxygens (including phenoxy) is 1. The first-order valence-electron chi connectivity index (χ1n) is 6.15. The van der Waals surface area contributed by atoms with Crippen LogP contribution < -0.4 is 0 Å². The molecule has 1 heterocycles. The molecule has 0 spiro atoms. The molecule has 3 aliphatic rings. The van der Waals surface area contributed by atoms with E-state index in [1.54, 1.807) is 0 Å². The predicted molar refractivity (Wildman–Crippen MR) is 57.2 cm³/mol. The average molecular weight is 206 g/mol. The zero-order chi connectivity index (χ0) is 10.4. The second-order valence-electron chi connectivity index (χ2n) is 5.35. The molecular formula is C13H18O2. The van der Waals surface area contributed by atoms with Crippen LogP contribution in [0.5, 0.6) is 0 Å². The number of esters is 1. The van der Waals surface area contributed by atoms with Gasteiger partial charge in [-0.15, -0.1) is 0 Å². The smallest absolute Gasteiger partial charge is 0.334 e. The quantitative estimate of drug-likeness (QED) is 0.450. The van der Waals surface area contributed by atoms with Crippen LogP contribution in [0.3, 0.4) is 0 Å². The van der Waals surface area contributed by atoms with Gasteiger partial charge in [0.25, 0.3) is 0 Å². The Hall–Kier alpha value is -0.790. The lowest BCUT2D eigenvalue weighted by molar-refractivity contribution is -0.141. The topological polar surface area (TPSA) is 26.3 Å². The lowest BCUT2D eigenvalue weighted by atomic mass is 9.66. The van der Waals surface area contributed by atoms with Gasteiger partial charge in [-0.25, -0.2) is 4.79 Å². The average Bonchev–Trinajstić information content (AvgIpc) is 2.52. The highest BCUT2D eigenvalue weighted by atomic mass is 16.6. The van der Waals surface area contributed by atoms with E-state index in [-0.39, 0.29) is 12.1 Å². The molecule has 2 saturated carbocycles. The summed E-state index contributed by atoms with van der Waals surface area (Å²) in [7, 11) is 0. The van der Waals surface area contributed by atoms with Gasteiger partial charge in [0.15, 0.2) is 0 Å². The highest BCUT2D eigenvalue weighted by Gasteiger charge is 2.46. The molecule has 2 aliphatic carbocycles. The van der Waals surface area contributed by atoms with Crippen molar-refractivity contribution in [1.82, 2.24) is 0 Å². The van der Waals surface area contributed by atoms with E-state index in [0.717, 1.165) is 30.3 Å². The third-order valence-electron chi connectivity index (χ3n) is 4.58.